The summed E-state index contributed by atoms with van der Waals surface area (Å²) in [6, 6.07) is 2.02. The number of fused-ring (bicyclic) bond motifs is 1. The van der Waals surface area contributed by atoms with Crippen LogP contribution in [0.5, 0.6) is 0 Å². The highest BCUT2D eigenvalue weighted by molar-refractivity contribution is 5.95. The summed E-state index contributed by atoms with van der Waals surface area (Å²) in [4.78, 5) is 75.5. The number of hydrogen-bond donors (Lipinski definition) is 8. The van der Waals surface area contributed by atoms with Crippen molar-refractivity contribution in [2.75, 3.05) is 0 Å². The fourth-order valence-electron chi connectivity index (χ4n) is 3.53. The minimum absolute atomic E-state index is 0.0751. The summed E-state index contributed by atoms with van der Waals surface area (Å²) in [7, 11) is 0. The number of aromatic amines is 1. The highest BCUT2D eigenvalue weighted by atomic mass is 16.4. The third kappa shape index (κ3) is 8.61. The second-order valence-corrected chi connectivity index (χ2v) is 8.55. The largest absolute Gasteiger partial charge is 0.480 e. The van der Waals surface area contributed by atoms with Crippen LogP contribution in [0.25, 0.3) is 10.9 Å². The molecule has 4 unspecified atom stereocenters. The van der Waals surface area contributed by atoms with E-state index in [9.17, 15) is 33.9 Å². The molecule has 5 amide bonds. The first-order valence-electron chi connectivity index (χ1n) is 11.4. The lowest BCUT2D eigenvalue weighted by Gasteiger charge is -2.24. The van der Waals surface area contributed by atoms with Gasteiger partial charge in [0.05, 0.1) is 12.5 Å². The Morgan fingerprint density at radius 3 is 2.08 bits per heavy atom. The molecule has 0 saturated carbocycles. The van der Waals surface area contributed by atoms with E-state index < -0.39 is 66.1 Å². The van der Waals surface area contributed by atoms with Crippen LogP contribution in [0.1, 0.15) is 31.7 Å². The predicted molar refractivity (Wildman–Crippen MR) is 131 cm³/mol. The van der Waals surface area contributed by atoms with Gasteiger partial charge in [-0.1, -0.05) is 18.2 Å². The molecule has 0 aliphatic rings. The number of carboxylic acids is 1. The lowest BCUT2D eigenvalue weighted by molar-refractivity contribution is -0.143. The van der Waals surface area contributed by atoms with E-state index in [1.807, 2.05) is 6.07 Å². The number of carbonyl (C=O) groups is 6. The molecule has 200 valence electrons. The Morgan fingerprint density at radius 2 is 1.49 bits per heavy atom. The molecule has 14 nitrogen and oxygen atoms in total. The van der Waals surface area contributed by atoms with Crippen LogP contribution in [-0.2, 0) is 35.2 Å². The van der Waals surface area contributed by atoms with E-state index in [0.717, 1.165) is 10.9 Å². The Kier molecular flexibility index (Phi) is 10.1. The maximum atomic E-state index is 13.1. The summed E-state index contributed by atoms with van der Waals surface area (Å²) in [5.41, 5.74) is 17.2. The number of aromatic nitrogens is 1. The highest BCUT2D eigenvalue weighted by Crippen LogP contribution is 2.19. The summed E-state index contributed by atoms with van der Waals surface area (Å²) in [5.74, 6) is -5.55. The number of aliphatic carboxylic acids is 1. The van der Waals surface area contributed by atoms with Gasteiger partial charge in [-0.2, -0.15) is 0 Å². The van der Waals surface area contributed by atoms with Crippen LogP contribution >= 0.6 is 0 Å². The van der Waals surface area contributed by atoms with Crippen molar-refractivity contribution in [3.8, 4) is 0 Å². The van der Waals surface area contributed by atoms with Crippen molar-refractivity contribution in [3.63, 3.8) is 0 Å². The summed E-state index contributed by atoms with van der Waals surface area (Å²) in [5, 5.41) is 17.3. The summed E-state index contributed by atoms with van der Waals surface area (Å²) >= 11 is 0. The average molecular weight is 518 g/mol. The Labute approximate surface area is 211 Å². The van der Waals surface area contributed by atoms with E-state index in [4.69, 9.17) is 17.2 Å². The van der Waals surface area contributed by atoms with E-state index >= 15 is 0 Å². The first-order valence-corrected chi connectivity index (χ1v) is 11.4. The number of benzene rings is 1. The lowest BCUT2D eigenvalue weighted by atomic mass is 10.0. The molecule has 0 radical (unpaired) electrons. The number of nitrogens with one attached hydrogen (secondary N) is 4. The van der Waals surface area contributed by atoms with Crippen molar-refractivity contribution in [1.82, 2.24) is 20.9 Å². The van der Waals surface area contributed by atoms with E-state index in [-0.39, 0.29) is 19.3 Å². The Morgan fingerprint density at radius 1 is 0.892 bits per heavy atom. The molecule has 37 heavy (non-hydrogen) atoms. The average Bonchev–Trinajstić information content (AvgIpc) is 3.22. The van der Waals surface area contributed by atoms with Gasteiger partial charge in [0.1, 0.15) is 18.1 Å². The van der Waals surface area contributed by atoms with Gasteiger partial charge in [0.2, 0.25) is 29.5 Å². The molecule has 0 saturated heterocycles. The number of nitrogens with two attached hydrogens (primary N) is 3. The zero-order valence-electron chi connectivity index (χ0n) is 20.2. The lowest BCUT2D eigenvalue weighted by Crippen LogP contribution is -2.57. The Hall–Kier alpha value is -4.46. The Balaban J connectivity index is 2.34. The molecular weight excluding hydrogens is 486 g/mol. The van der Waals surface area contributed by atoms with Crippen molar-refractivity contribution in [1.29, 1.82) is 0 Å². The molecule has 0 fully saturated rings. The van der Waals surface area contributed by atoms with E-state index in [1.165, 1.54) is 6.92 Å². The first-order chi connectivity index (χ1) is 17.4. The van der Waals surface area contributed by atoms with Gasteiger partial charge in [0, 0.05) is 29.9 Å². The zero-order valence-corrected chi connectivity index (χ0v) is 20.2. The van der Waals surface area contributed by atoms with Crippen LogP contribution in [0.15, 0.2) is 30.5 Å². The number of rotatable bonds is 14. The highest BCUT2D eigenvalue weighted by Gasteiger charge is 2.31. The monoisotopic (exact) mass is 517 g/mol. The SMILES string of the molecule is CC(N)C(=O)NC(CCC(N)=O)C(=O)NC(Cc1c[nH]c2ccccc12)C(=O)NC(CC(N)=O)C(=O)O. The number of carboxylic acid groups (broad SMARTS) is 1. The van der Waals surface area contributed by atoms with E-state index in [2.05, 4.69) is 20.9 Å². The molecule has 0 bridgehead atoms. The smallest absolute Gasteiger partial charge is 0.326 e. The number of carbonyl (C=O) groups excluding carboxylic acids is 5. The van der Waals surface area contributed by atoms with Crippen molar-refractivity contribution in [2.45, 2.75) is 56.8 Å². The molecule has 1 aromatic carbocycles. The summed E-state index contributed by atoms with van der Waals surface area (Å²) in [6.07, 6.45) is 0.489. The second kappa shape index (κ2) is 13.0. The van der Waals surface area contributed by atoms with Gasteiger partial charge < -0.3 is 43.2 Å². The molecule has 0 aliphatic heterocycles. The van der Waals surface area contributed by atoms with Gasteiger partial charge in [0.15, 0.2) is 0 Å². The maximum absolute atomic E-state index is 13.1. The molecule has 4 atom stereocenters. The van der Waals surface area contributed by atoms with Crippen molar-refractivity contribution >= 4 is 46.4 Å². The van der Waals surface area contributed by atoms with Gasteiger partial charge in [-0.15, -0.1) is 0 Å². The fourth-order valence-corrected chi connectivity index (χ4v) is 3.53. The molecule has 2 aromatic rings. The number of hydrogen-bond acceptors (Lipinski definition) is 7. The molecule has 14 heteroatoms. The van der Waals surface area contributed by atoms with Crippen LogP contribution in [-0.4, -0.2) is 69.8 Å². The Bertz CT molecular complexity index is 1180. The van der Waals surface area contributed by atoms with Gasteiger partial charge in [-0.25, -0.2) is 4.79 Å². The van der Waals surface area contributed by atoms with Crippen molar-refractivity contribution < 1.29 is 33.9 Å². The van der Waals surface area contributed by atoms with E-state index in [0.29, 0.717) is 5.56 Å². The fraction of sp³-hybridized carbons (Fsp3) is 0.391. The maximum Gasteiger partial charge on any atom is 0.326 e. The standard InChI is InChI=1S/C23H31N7O7/c1-11(24)20(33)28-15(6-7-18(25)31)21(34)29-16(22(35)30-17(23(36)37)9-19(26)32)8-12-10-27-14-5-3-2-4-13(12)14/h2-5,10-11,15-17,27H,6-9,24H2,1H3,(H2,25,31)(H2,26,32)(H,28,33)(H,29,34)(H,30,35)(H,36,37). The topological polar surface area (TPSA) is 253 Å². The van der Waals surface area contributed by atoms with Crippen LogP contribution in [0.4, 0.5) is 0 Å². The minimum Gasteiger partial charge on any atom is -0.480 e. The number of primary amides is 2. The van der Waals surface area contributed by atoms with Gasteiger partial charge in [-0.3, -0.25) is 24.0 Å². The zero-order chi connectivity index (χ0) is 27.7. The third-order valence-corrected chi connectivity index (χ3v) is 5.48. The van der Waals surface area contributed by atoms with E-state index in [1.54, 1.807) is 24.4 Å². The normalized spacial score (nSPS) is 14.1. The number of H-pyrrole nitrogens is 1. The molecule has 1 heterocycles. The number of amides is 5. The molecule has 2 rings (SSSR count). The molecule has 11 N–H and O–H groups in total. The first kappa shape index (κ1) is 28.8. The van der Waals surface area contributed by atoms with Crippen LogP contribution in [0, 0.1) is 0 Å². The second-order valence-electron chi connectivity index (χ2n) is 8.55. The van der Waals surface area contributed by atoms with Gasteiger partial charge in [-0.05, 0) is 25.0 Å². The predicted octanol–water partition coefficient (Wildman–Crippen LogP) is -2.26. The van der Waals surface area contributed by atoms with Crippen LogP contribution in [0.2, 0.25) is 0 Å². The van der Waals surface area contributed by atoms with Crippen molar-refractivity contribution in [2.24, 2.45) is 17.2 Å². The van der Waals surface area contributed by atoms with Crippen LogP contribution in [0.3, 0.4) is 0 Å². The number of para-hydroxylation sites is 1. The minimum atomic E-state index is -1.63. The third-order valence-electron chi connectivity index (χ3n) is 5.48. The molecule has 0 spiro atoms. The van der Waals surface area contributed by atoms with Gasteiger partial charge >= 0.3 is 5.97 Å². The summed E-state index contributed by atoms with van der Waals surface area (Å²) < 4.78 is 0. The summed E-state index contributed by atoms with van der Waals surface area (Å²) in [6.45, 7) is 1.40. The molecule has 0 aliphatic carbocycles. The molecular formula is C23H31N7O7. The quantitative estimate of drug-likeness (QED) is 0.135. The van der Waals surface area contributed by atoms with Crippen molar-refractivity contribution in [3.05, 3.63) is 36.0 Å². The molecule has 1 aromatic heterocycles. The van der Waals surface area contributed by atoms with Gasteiger partial charge in [0.25, 0.3) is 0 Å². The van der Waals surface area contributed by atoms with Crippen LogP contribution < -0.4 is 33.2 Å².